The van der Waals surface area contributed by atoms with Crippen molar-refractivity contribution in [2.45, 2.75) is 13.8 Å². The van der Waals surface area contributed by atoms with Crippen LogP contribution in [-0.2, 0) is 4.79 Å². The van der Waals surface area contributed by atoms with Crippen molar-refractivity contribution in [2.75, 3.05) is 11.9 Å². The predicted molar refractivity (Wildman–Crippen MR) is 116 cm³/mol. The minimum Gasteiger partial charge on any atom is -0.484 e. The van der Waals surface area contributed by atoms with Gasteiger partial charge in [0.25, 0.3) is 11.6 Å². The molecule has 0 aliphatic carbocycles. The Labute approximate surface area is 177 Å². The average molecular weight is 417 g/mol. The van der Waals surface area contributed by atoms with Gasteiger partial charge in [-0.2, -0.15) is 0 Å². The lowest BCUT2D eigenvalue weighted by atomic mass is 10.1. The number of amides is 1. The number of carbonyl (C=O) groups is 1. The van der Waals surface area contributed by atoms with Gasteiger partial charge in [0.05, 0.1) is 4.92 Å². The number of hydrogen-bond acceptors (Lipinski definition) is 6. The molecular formula is C23H19N3O5. The maximum atomic E-state index is 12.4. The van der Waals surface area contributed by atoms with E-state index in [4.69, 9.17) is 9.15 Å². The van der Waals surface area contributed by atoms with E-state index in [9.17, 15) is 14.9 Å². The fraction of sp³-hybridized carbons (Fsp3) is 0.130. The quantitative estimate of drug-likeness (QED) is 0.348. The summed E-state index contributed by atoms with van der Waals surface area (Å²) in [5, 5.41) is 13.5. The van der Waals surface area contributed by atoms with Crippen molar-refractivity contribution in [1.82, 2.24) is 4.98 Å². The Morgan fingerprint density at radius 2 is 1.87 bits per heavy atom. The number of carbonyl (C=O) groups excluding carboxylic acids is 1. The number of ether oxygens (including phenoxy) is 1. The molecule has 0 radical (unpaired) electrons. The van der Waals surface area contributed by atoms with Crippen LogP contribution in [0.1, 0.15) is 11.1 Å². The lowest BCUT2D eigenvalue weighted by molar-refractivity contribution is -0.384. The molecule has 1 aromatic heterocycles. The van der Waals surface area contributed by atoms with E-state index in [1.165, 1.54) is 24.3 Å². The van der Waals surface area contributed by atoms with Crippen molar-refractivity contribution in [3.05, 3.63) is 81.9 Å². The fourth-order valence-electron chi connectivity index (χ4n) is 3.04. The molecule has 0 bridgehead atoms. The van der Waals surface area contributed by atoms with E-state index in [0.717, 1.165) is 22.2 Å². The molecular weight excluding hydrogens is 398 g/mol. The third kappa shape index (κ3) is 4.53. The number of anilines is 1. The molecule has 4 rings (SSSR count). The summed E-state index contributed by atoms with van der Waals surface area (Å²) in [5.41, 5.74) is 4.75. The van der Waals surface area contributed by atoms with E-state index in [1.807, 2.05) is 44.2 Å². The van der Waals surface area contributed by atoms with Crippen molar-refractivity contribution < 1.29 is 18.9 Å². The number of nitro benzene ring substituents is 1. The van der Waals surface area contributed by atoms with Gasteiger partial charge in [-0.3, -0.25) is 14.9 Å². The first-order chi connectivity index (χ1) is 14.9. The number of hydrogen-bond donors (Lipinski definition) is 1. The molecule has 0 spiro atoms. The highest BCUT2D eigenvalue weighted by molar-refractivity contribution is 5.93. The Bertz CT molecular complexity index is 1280. The number of nitrogens with one attached hydrogen (secondary N) is 1. The van der Waals surface area contributed by atoms with Crippen molar-refractivity contribution in [1.29, 1.82) is 0 Å². The van der Waals surface area contributed by atoms with Crippen LogP contribution >= 0.6 is 0 Å². The molecule has 1 amide bonds. The monoisotopic (exact) mass is 417 g/mol. The lowest BCUT2D eigenvalue weighted by Gasteiger charge is -2.10. The summed E-state index contributed by atoms with van der Waals surface area (Å²) in [5.74, 6) is 0.484. The van der Waals surface area contributed by atoms with Crippen LogP contribution < -0.4 is 10.1 Å². The molecule has 8 nitrogen and oxygen atoms in total. The van der Waals surface area contributed by atoms with Gasteiger partial charge in [-0.15, -0.1) is 0 Å². The Kier molecular flexibility index (Phi) is 5.36. The minimum atomic E-state index is -0.496. The van der Waals surface area contributed by atoms with Gasteiger partial charge in [0.2, 0.25) is 5.89 Å². The highest BCUT2D eigenvalue weighted by Crippen LogP contribution is 2.28. The van der Waals surface area contributed by atoms with Crippen LogP contribution in [0.2, 0.25) is 0 Å². The maximum Gasteiger partial charge on any atom is 0.269 e. The molecule has 0 aliphatic rings. The first-order valence-electron chi connectivity index (χ1n) is 9.54. The van der Waals surface area contributed by atoms with Crippen LogP contribution in [0.3, 0.4) is 0 Å². The lowest BCUT2D eigenvalue weighted by Crippen LogP contribution is -2.20. The molecule has 31 heavy (non-hydrogen) atoms. The molecule has 156 valence electrons. The van der Waals surface area contributed by atoms with Crippen LogP contribution in [0.4, 0.5) is 11.4 Å². The van der Waals surface area contributed by atoms with Crippen molar-refractivity contribution in [2.24, 2.45) is 0 Å². The summed E-state index contributed by atoms with van der Waals surface area (Å²) < 4.78 is 11.3. The Morgan fingerprint density at radius 1 is 1.10 bits per heavy atom. The van der Waals surface area contributed by atoms with Gasteiger partial charge in [-0.25, -0.2) is 4.98 Å². The molecule has 0 fully saturated rings. The Hall–Kier alpha value is -4.20. The Morgan fingerprint density at radius 3 is 2.61 bits per heavy atom. The standard InChI is InChI=1S/C23H19N3O5/c1-14-3-10-19-21(11-14)31-23(25-19)16-5-4-15(2)20(12-16)24-22(27)13-30-18-8-6-17(7-9-18)26(28)29/h3-12H,13H2,1-2H3,(H,24,27). The van der Waals surface area contributed by atoms with Crippen molar-refractivity contribution in [3.8, 4) is 17.2 Å². The molecule has 3 aromatic carbocycles. The molecule has 0 unspecified atom stereocenters. The SMILES string of the molecule is Cc1ccc2nc(-c3ccc(C)c(NC(=O)COc4ccc([N+](=O)[O-])cc4)c3)oc2c1. The summed E-state index contributed by atoms with van der Waals surface area (Å²) in [4.78, 5) is 27.1. The number of aromatic nitrogens is 1. The summed E-state index contributed by atoms with van der Waals surface area (Å²) in [6, 6.07) is 16.9. The third-order valence-corrected chi connectivity index (χ3v) is 4.72. The number of nitro groups is 1. The van der Waals surface area contributed by atoms with E-state index >= 15 is 0 Å². The average Bonchev–Trinajstić information content (AvgIpc) is 3.17. The predicted octanol–water partition coefficient (Wildman–Crippen LogP) is 5.04. The zero-order valence-corrected chi connectivity index (χ0v) is 16.9. The largest absolute Gasteiger partial charge is 0.484 e. The number of non-ortho nitro benzene ring substituents is 1. The fourth-order valence-corrected chi connectivity index (χ4v) is 3.04. The van der Waals surface area contributed by atoms with Gasteiger partial charge in [0.15, 0.2) is 12.2 Å². The van der Waals surface area contributed by atoms with E-state index in [0.29, 0.717) is 22.9 Å². The molecule has 0 aliphatic heterocycles. The smallest absolute Gasteiger partial charge is 0.269 e. The second-order valence-corrected chi connectivity index (χ2v) is 7.11. The van der Waals surface area contributed by atoms with Crippen LogP contribution in [0.25, 0.3) is 22.6 Å². The number of rotatable bonds is 6. The van der Waals surface area contributed by atoms with Crippen LogP contribution in [0.15, 0.2) is 65.1 Å². The summed E-state index contributed by atoms with van der Waals surface area (Å²) >= 11 is 0. The second-order valence-electron chi connectivity index (χ2n) is 7.11. The number of nitrogens with zero attached hydrogens (tertiary/aromatic N) is 2. The number of oxazole rings is 1. The summed E-state index contributed by atoms with van der Waals surface area (Å²) in [6.07, 6.45) is 0. The van der Waals surface area contributed by atoms with Gasteiger partial charge in [-0.05, 0) is 61.4 Å². The van der Waals surface area contributed by atoms with Crippen molar-refractivity contribution in [3.63, 3.8) is 0 Å². The maximum absolute atomic E-state index is 12.4. The highest BCUT2D eigenvalue weighted by atomic mass is 16.6. The number of fused-ring (bicyclic) bond motifs is 1. The molecule has 1 heterocycles. The topological polar surface area (TPSA) is 108 Å². The van der Waals surface area contributed by atoms with Gasteiger partial charge < -0.3 is 14.5 Å². The second kappa shape index (κ2) is 8.27. The van der Waals surface area contributed by atoms with E-state index in [2.05, 4.69) is 10.3 Å². The number of benzene rings is 3. The number of aryl methyl sites for hydroxylation is 2. The third-order valence-electron chi connectivity index (χ3n) is 4.72. The van der Waals surface area contributed by atoms with Gasteiger partial charge in [0.1, 0.15) is 11.3 Å². The first-order valence-corrected chi connectivity index (χ1v) is 9.54. The zero-order valence-electron chi connectivity index (χ0n) is 16.9. The summed E-state index contributed by atoms with van der Waals surface area (Å²) in [7, 11) is 0. The zero-order chi connectivity index (χ0) is 22.0. The van der Waals surface area contributed by atoms with Crippen molar-refractivity contribution >= 4 is 28.4 Å². The van der Waals surface area contributed by atoms with Crippen LogP contribution in [0, 0.1) is 24.0 Å². The molecule has 4 aromatic rings. The van der Waals surface area contributed by atoms with E-state index < -0.39 is 4.92 Å². The Balaban J connectivity index is 1.46. The van der Waals surface area contributed by atoms with E-state index in [-0.39, 0.29) is 18.2 Å². The molecule has 1 N–H and O–H groups in total. The summed E-state index contributed by atoms with van der Waals surface area (Å²) in [6.45, 7) is 3.63. The molecule has 0 saturated carbocycles. The van der Waals surface area contributed by atoms with E-state index in [1.54, 1.807) is 6.07 Å². The van der Waals surface area contributed by atoms with Gasteiger partial charge >= 0.3 is 0 Å². The highest BCUT2D eigenvalue weighted by Gasteiger charge is 2.12. The molecule has 0 saturated heterocycles. The molecule has 8 heteroatoms. The molecule has 0 atom stereocenters. The normalized spacial score (nSPS) is 10.8. The van der Waals surface area contributed by atoms with Gasteiger partial charge in [-0.1, -0.05) is 12.1 Å². The minimum absolute atomic E-state index is 0.0430. The van der Waals surface area contributed by atoms with Gasteiger partial charge in [0, 0.05) is 23.4 Å². The first kappa shape index (κ1) is 20.1. The van der Waals surface area contributed by atoms with Crippen LogP contribution in [0.5, 0.6) is 5.75 Å². The van der Waals surface area contributed by atoms with Crippen LogP contribution in [-0.4, -0.2) is 22.4 Å².